The van der Waals surface area contributed by atoms with E-state index >= 15 is 0 Å². The molecule has 0 radical (unpaired) electrons. The molecule has 0 unspecified atom stereocenters. The van der Waals surface area contributed by atoms with Crippen molar-refractivity contribution < 1.29 is 29.7 Å². The van der Waals surface area contributed by atoms with Crippen molar-refractivity contribution in [2.24, 2.45) is 0 Å². The highest BCUT2D eigenvalue weighted by atomic mass is 16.4. The number of carbonyl (C=O) groups is 3. The third-order valence-electron chi connectivity index (χ3n) is 1.97. The van der Waals surface area contributed by atoms with Gasteiger partial charge in [0.15, 0.2) is 0 Å². The highest BCUT2D eigenvalue weighted by molar-refractivity contribution is 5.80. The maximum absolute atomic E-state index is 10.8. The number of hydrogen-bond donors (Lipinski definition) is 3. The fraction of sp³-hybridized carbons (Fsp3) is 0.625. The quantitative estimate of drug-likeness (QED) is 0.542. The second-order valence-corrected chi connectivity index (χ2v) is 3.51. The van der Waals surface area contributed by atoms with Gasteiger partial charge in [0, 0.05) is 0 Å². The summed E-state index contributed by atoms with van der Waals surface area (Å²) >= 11 is 0. The monoisotopic (exact) mass is 219 g/mol. The first-order chi connectivity index (χ1) is 6.67. The lowest BCUT2D eigenvalue weighted by molar-refractivity contribution is -0.155. The zero-order valence-electron chi connectivity index (χ0n) is 8.43. The van der Waals surface area contributed by atoms with Crippen molar-refractivity contribution in [2.45, 2.75) is 19.4 Å². The van der Waals surface area contributed by atoms with Crippen LogP contribution in [0.25, 0.3) is 0 Å². The Kier molecular flexibility index (Phi) is 4.22. The molecule has 15 heavy (non-hydrogen) atoms. The molecule has 0 saturated heterocycles. The molecule has 0 rings (SSSR count). The molecule has 0 amide bonds. The van der Waals surface area contributed by atoms with E-state index in [1.807, 2.05) is 0 Å². The van der Waals surface area contributed by atoms with Gasteiger partial charge in [-0.05, 0) is 13.8 Å². The van der Waals surface area contributed by atoms with Crippen LogP contribution >= 0.6 is 0 Å². The minimum atomic E-state index is -1.53. The van der Waals surface area contributed by atoms with Crippen molar-refractivity contribution in [1.29, 1.82) is 0 Å². The molecule has 86 valence electrons. The summed E-state index contributed by atoms with van der Waals surface area (Å²) in [7, 11) is 0. The molecule has 0 aliphatic heterocycles. The van der Waals surface area contributed by atoms with Crippen molar-refractivity contribution in [1.82, 2.24) is 4.90 Å². The van der Waals surface area contributed by atoms with Crippen LogP contribution in [-0.2, 0) is 14.4 Å². The topological polar surface area (TPSA) is 115 Å². The van der Waals surface area contributed by atoms with E-state index in [-0.39, 0.29) is 0 Å². The second-order valence-electron chi connectivity index (χ2n) is 3.51. The number of rotatable bonds is 6. The average Bonchev–Trinajstić information content (AvgIpc) is 2.00. The molecule has 0 bridgehead atoms. The van der Waals surface area contributed by atoms with E-state index in [0.29, 0.717) is 0 Å². The van der Waals surface area contributed by atoms with E-state index in [9.17, 15) is 14.4 Å². The van der Waals surface area contributed by atoms with E-state index in [1.165, 1.54) is 13.8 Å². The highest BCUT2D eigenvalue weighted by Gasteiger charge is 2.36. The summed E-state index contributed by atoms with van der Waals surface area (Å²) in [5.41, 5.74) is -1.53. The molecule has 7 heteroatoms. The first kappa shape index (κ1) is 13.4. The zero-order valence-corrected chi connectivity index (χ0v) is 8.43. The summed E-state index contributed by atoms with van der Waals surface area (Å²) in [6, 6.07) is 0. The second kappa shape index (κ2) is 4.74. The van der Waals surface area contributed by atoms with Crippen LogP contribution in [0, 0.1) is 0 Å². The van der Waals surface area contributed by atoms with Crippen LogP contribution in [0.2, 0.25) is 0 Å². The summed E-state index contributed by atoms with van der Waals surface area (Å²) in [4.78, 5) is 32.5. The van der Waals surface area contributed by atoms with Gasteiger partial charge in [-0.1, -0.05) is 0 Å². The van der Waals surface area contributed by atoms with Crippen molar-refractivity contribution in [3.8, 4) is 0 Å². The van der Waals surface area contributed by atoms with E-state index in [2.05, 4.69) is 0 Å². The van der Waals surface area contributed by atoms with Crippen LogP contribution in [0.4, 0.5) is 0 Å². The Labute approximate surface area is 85.9 Å². The Morgan fingerprint density at radius 2 is 1.33 bits per heavy atom. The van der Waals surface area contributed by atoms with Crippen LogP contribution in [0.5, 0.6) is 0 Å². The van der Waals surface area contributed by atoms with Gasteiger partial charge < -0.3 is 15.3 Å². The fourth-order valence-electron chi connectivity index (χ4n) is 0.913. The maximum atomic E-state index is 10.8. The minimum absolute atomic E-state index is 0.633. The lowest BCUT2D eigenvalue weighted by Crippen LogP contribution is -2.53. The first-order valence-electron chi connectivity index (χ1n) is 4.10. The van der Waals surface area contributed by atoms with Crippen molar-refractivity contribution in [2.75, 3.05) is 13.1 Å². The van der Waals surface area contributed by atoms with Gasteiger partial charge in [-0.15, -0.1) is 0 Å². The van der Waals surface area contributed by atoms with Crippen LogP contribution in [0.15, 0.2) is 0 Å². The predicted molar refractivity (Wildman–Crippen MR) is 48.6 cm³/mol. The Bertz CT molecular complexity index is 269. The van der Waals surface area contributed by atoms with Gasteiger partial charge in [0.1, 0.15) is 5.54 Å². The fourth-order valence-corrected chi connectivity index (χ4v) is 0.913. The van der Waals surface area contributed by atoms with E-state index < -0.39 is 36.5 Å². The van der Waals surface area contributed by atoms with Gasteiger partial charge in [0.2, 0.25) is 0 Å². The number of carboxylic acids is 3. The van der Waals surface area contributed by atoms with Crippen LogP contribution in [0.1, 0.15) is 13.8 Å². The molecule has 0 aliphatic carbocycles. The third kappa shape index (κ3) is 3.94. The Morgan fingerprint density at radius 3 is 1.53 bits per heavy atom. The minimum Gasteiger partial charge on any atom is -0.480 e. The molecule has 0 aromatic heterocycles. The van der Waals surface area contributed by atoms with Gasteiger partial charge in [0.25, 0.3) is 0 Å². The summed E-state index contributed by atoms with van der Waals surface area (Å²) in [6.07, 6.45) is 0. The molecule has 0 fully saturated rings. The smallest absolute Gasteiger partial charge is 0.323 e. The largest absolute Gasteiger partial charge is 0.480 e. The SMILES string of the molecule is CC(C)(C(=O)O)N(CC(=O)O)CC(=O)O. The molecule has 0 heterocycles. The lowest BCUT2D eigenvalue weighted by atomic mass is 10.0. The zero-order chi connectivity index (χ0) is 12.2. The molecule has 7 nitrogen and oxygen atoms in total. The van der Waals surface area contributed by atoms with Gasteiger partial charge >= 0.3 is 17.9 Å². The summed E-state index contributed by atoms with van der Waals surface area (Å²) in [5.74, 6) is -3.82. The number of hydrogen-bond acceptors (Lipinski definition) is 4. The normalized spacial score (nSPS) is 11.4. The standard InChI is InChI=1S/C8H13NO6/c1-8(2,7(14)15)9(3-5(10)11)4-6(12)13/h3-4H2,1-2H3,(H,10,11)(H,12,13)(H,14,15). The first-order valence-corrected chi connectivity index (χ1v) is 4.10. The van der Waals surface area contributed by atoms with Gasteiger partial charge in [-0.25, -0.2) is 0 Å². The Balaban J connectivity index is 4.83. The number of carboxylic acid groups (broad SMARTS) is 3. The maximum Gasteiger partial charge on any atom is 0.323 e. The molecule has 0 aromatic rings. The van der Waals surface area contributed by atoms with E-state index in [1.54, 1.807) is 0 Å². The molecule has 0 aliphatic rings. The molecule has 0 aromatic carbocycles. The third-order valence-corrected chi connectivity index (χ3v) is 1.97. The van der Waals surface area contributed by atoms with Crippen LogP contribution < -0.4 is 0 Å². The predicted octanol–water partition coefficient (Wildman–Crippen LogP) is -0.679. The summed E-state index contributed by atoms with van der Waals surface area (Å²) < 4.78 is 0. The van der Waals surface area contributed by atoms with Crippen LogP contribution in [0.3, 0.4) is 0 Å². The Hall–Kier alpha value is -1.63. The van der Waals surface area contributed by atoms with Crippen LogP contribution in [-0.4, -0.2) is 56.8 Å². The molecule has 0 saturated carbocycles. The van der Waals surface area contributed by atoms with Crippen molar-refractivity contribution in [3.05, 3.63) is 0 Å². The molecular formula is C8H13NO6. The number of nitrogens with zero attached hydrogens (tertiary/aromatic N) is 1. The van der Waals surface area contributed by atoms with Gasteiger partial charge in [-0.2, -0.15) is 0 Å². The average molecular weight is 219 g/mol. The summed E-state index contributed by atoms with van der Waals surface area (Å²) in [5, 5.41) is 25.8. The highest BCUT2D eigenvalue weighted by Crippen LogP contribution is 2.13. The molecule has 0 atom stereocenters. The Morgan fingerprint density at radius 1 is 1.00 bits per heavy atom. The van der Waals surface area contributed by atoms with E-state index in [0.717, 1.165) is 4.90 Å². The molecule has 3 N–H and O–H groups in total. The molecule has 0 spiro atoms. The number of aliphatic carboxylic acids is 3. The van der Waals surface area contributed by atoms with Gasteiger partial charge in [-0.3, -0.25) is 19.3 Å². The van der Waals surface area contributed by atoms with Crippen molar-refractivity contribution in [3.63, 3.8) is 0 Å². The van der Waals surface area contributed by atoms with E-state index in [4.69, 9.17) is 15.3 Å². The lowest BCUT2D eigenvalue weighted by Gasteiger charge is -2.32. The van der Waals surface area contributed by atoms with Gasteiger partial charge in [0.05, 0.1) is 13.1 Å². The summed E-state index contributed by atoms with van der Waals surface area (Å²) in [6.45, 7) is 1.24. The molecular weight excluding hydrogens is 206 g/mol. The van der Waals surface area contributed by atoms with Crippen molar-refractivity contribution >= 4 is 17.9 Å².